The summed E-state index contributed by atoms with van der Waals surface area (Å²) in [4.78, 5) is 18.7. The van der Waals surface area contributed by atoms with Gasteiger partial charge < -0.3 is 9.47 Å². The summed E-state index contributed by atoms with van der Waals surface area (Å²) in [6.07, 6.45) is 1.45. The average molecular weight is 255 g/mol. The lowest BCUT2D eigenvalue weighted by Gasteiger charge is -2.00. The van der Waals surface area contributed by atoms with E-state index >= 15 is 0 Å². The largest absolute Gasteiger partial charge is 0.480 e. The van der Waals surface area contributed by atoms with Gasteiger partial charge in [-0.05, 0) is 18.5 Å². The molecule has 6 heteroatoms. The van der Waals surface area contributed by atoms with Gasteiger partial charge in [0.15, 0.2) is 0 Å². The van der Waals surface area contributed by atoms with Crippen LogP contribution in [0.15, 0.2) is 6.20 Å². The molecular weight excluding hydrogens is 244 g/mol. The van der Waals surface area contributed by atoms with E-state index in [0.29, 0.717) is 12.2 Å². The number of hydrogen-bond acceptors (Lipinski definition) is 5. The van der Waals surface area contributed by atoms with Crippen molar-refractivity contribution in [3.63, 3.8) is 0 Å². The molecule has 0 unspecified atom stereocenters. The second-order valence-electron chi connectivity index (χ2n) is 2.85. The van der Waals surface area contributed by atoms with Gasteiger partial charge in [-0.25, -0.2) is 4.98 Å². The summed E-state index contributed by atoms with van der Waals surface area (Å²) < 4.78 is 9.71. The second-order valence-corrected chi connectivity index (χ2v) is 3.18. The van der Waals surface area contributed by atoms with Crippen LogP contribution in [0.25, 0.3) is 0 Å². The fourth-order valence-electron chi connectivity index (χ4n) is 1.01. The monoisotopic (exact) mass is 254 g/mol. The molecule has 0 aromatic carbocycles. The molecule has 1 heterocycles. The molecule has 0 N–H and O–H groups in total. The van der Waals surface area contributed by atoms with Gasteiger partial charge in [-0.3, -0.25) is 4.79 Å². The van der Waals surface area contributed by atoms with Crippen LogP contribution in [0.3, 0.4) is 0 Å². The third kappa shape index (κ3) is 4.29. The van der Waals surface area contributed by atoms with E-state index in [9.17, 15) is 4.79 Å². The van der Waals surface area contributed by atoms with Crippen LogP contribution in [0.5, 0.6) is 5.88 Å². The third-order valence-corrected chi connectivity index (χ3v) is 1.86. The van der Waals surface area contributed by atoms with E-state index < -0.39 is 0 Å². The second kappa shape index (κ2) is 6.71. The van der Waals surface area contributed by atoms with Gasteiger partial charge >= 0.3 is 5.97 Å². The Morgan fingerprint density at radius 2 is 2.35 bits per heavy atom. The molecule has 0 radical (unpaired) electrons. The summed E-state index contributed by atoms with van der Waals surface area (Å²) in [6.45, 7) is 2.08. The zero-order chi connectivity index (χ0) is 12.7. The lowest BCUT2D eigenvalue weighted by Crippen LogP contribution is -2.01. The fraction of sp³-hybridized carbons (Fsp3) is 0.364. The first-order valence-corrected chi connectivity index (χ1v) is 5.26. The van der Waals surface area contributed by atoms with Crippen LogP contribution in [0, 0.1) is 11.8 Å². The molecule has 0 aliphatic carbocycles. The molecule has 90 valence electrons. The van der Waals surface area contributed by atoms with E-state index in [0.717, 1.165) is 0 Å². The highest BCUT2D eigenvalue weighted by Crippen LogP contribution is 2.14. The molecule has 1 aromatic heterocycles. The van der Waals surface area contributed by atoms with Crippen LogP contribution >= 0.6 is 11.6 Å². The van der Waals surface area contributed by atoms with Crippen molar-refractivity contribution in [2.24, 2.45) is 0 Å². The average Bonchev–Trinajstić information content (AvgIpc) is 2.31. The Hall–Kier alpha value is -1.80. The zero-order valence-corrected chi connectivity index (χ0v) is 10.2. The predicted octanol–water partition coefficient (Wildman–Crippen LogP) is 1.44. The number of ether oxygens (including phenoxy) is 2. The number of halogens is 1. The van der Waals surface area contributed by atoms with Crippen molar-refractivity contribution in [1.82, 2.24) is 9.97 Å². The molecule has 1 aromatic rings. The van der Waals surface area contributed by atoms with Crippen molar-refractivity contribution < 1.29 is 14.3 Å². The van der Waals surface area contributed by atoms with Crippen LogP contribution in [0.1, 0.15) is 18.9 Å². The summed E-state index contributed by atoms with van der Waals surface area (Å²) in [5.74, 6) is 5.29. The Kier molecular flexibility index (Phi) is 5.24. The molecule has 0 fully saturated rings. The SMILES string of the molecule is CCOC(=O)CC#Cc1cnc(Cl)nc1OC. The van der Waals surface area contributed by atoms with E-state index in [4.69, 9.17) is 21.1 Å². The van der Waals surface area contributed by atoms with Crippen molar-refractivity contribution in [3.8, 4) is 17.7 Å². The first-order valence-electron chi connectivity index (χ1n) is 4.88. The fourth-order valence-corrected chi connectivity index (χ4v) is 1.14. The van der Waals surface area contributed by atoms with E-state index in [2.05, 4.69) is 21.8 Å². The molecule has 0 atom stereocenters. The molecule has 0 aliphatic heterocycles. The van der Waals surface area contributed by atoms with E-state index in [1.807, 2.05) is 0 Å². The Labute approximate surface area is 104 Å². The molecule has 0 bridgehead atoms. The molecule has 0 spiro atoms. The molecule has 0 saturated heterocycles. The Morgan fingerprint density at radius 3 is 3.00 bits per heavy atom. The number of nitrogens with zero attached hydrogens (tertiary/aromatic N) is 2. The standard InChI is InChI=1S/C11H11ClN2O3/c1-3-17-9(15)6-4-5-8-7-13-11(12)14-10(8)16-2/h7H,3,6H2,1-2H3. The van der Waals surface area contributed by atoms with Gasteiger partial charge in [0.2, 0.25) is 11.2 Å². The van der Waals surface area contributed by atoms with Crippen LogP contribution in [-0.4, -0.2) is 29.7 Å². The smallest absolute Gasteiger partial charge is 0.317 e. The van der Waals surface area contributed by atoms with Crippen LogP contribution in [-0.2, 0) is 9.53 Å². The highest BCUT2D eigenvalue weighted by molar-refractivity contribution is 6.28. The number of rotatable bonds is 3. The highest BCUT2D eigenvalue weighted by Gasteiger charge is 2.04. The van der Waals surface area contributed by atoms with Gasteiger partial charge in [0.1, 0.15) is 12.0 Å². The lowest BCUT2D eigenvalue weighted by atomic mass is 10.3. The van der Waals surface area contributed by atoms with Gasteiger partial charge in [-0.15, -0.1) is 0 Å². The van der Waals surface area contributed by atoms with Gasteiger partial charge in [0.05, 0.1) is 19.9 Å². The van der Waals surface area contributed by atoms with Crippen molar-refractivity contribution in [2.75, 3.05) is 13.7 Å². The normalized spacial score (nSPS) is 9.12. The molecule has 17 heavy (non-hydrogen) atoms. The number of carbonyl (C=O) groups excluding carboxylic acids is 1. The van der Waals surface area contributed by atoms with E-state index in [1.54, 1.807) is 6.92 Å². The minimum absolute atomic E-state index is 0.0135. The van der Waals surface area contributed by atoms with Gasteiger partial charge in [0.25, 0.3) is 0 Å². The van der Waals surface area contributed by atoms with Crippen LogP contribution in [0.4, 0.5) is 0 Å². The summed E-state index contributed by atoms with van der Waals surface area (Å²) in [6, 6.07) is 0. The summed E-state index contributed by atoms with van der Waals surface area (Å²) in [5.41, 5.74) is 0.473. The van der Waals surface area contributed by atoms with E-state index in [-0.39, 0.29) is 23.6 Å². The maximum atomic E-state index is 11.0. The Balaban J connectivity index is 2.74. The molecule has 5 nitrogen and oxygen atoms in total. The van der Waals surface area contributed by atoms with E-state index in [1.165, 1.54) is 13.3 Å². The van der Waals surface area contributed by atoms with Crippen LogP contribution in [0.2, 0.25) is 5.28 Å². The molecular formula is C11H11ClN2O3. The maximum absolute atomic E-state index is 11.0. The molecule has 0 amide bonds. The summed E-state index contributed by atoms with van der Waals surface area (Å²) >= 11 is 5.60. The Bertz CT molecular complexity index is 466. The minimum Gasteiger partial charge on any atom is -0.480 e. The third-order valence-electron chi connectivity index (χ3n) is 1.68. The zero-order valence-electron chi connectivity index (χ0n) is 9.49. The quantitative estimate of drug-likeness (QED) is 0.464. The van der Waals surface area contributed by atoms with Crippen molar-refractivity contribution in [2.45, 2.75) is 13.3 Å². The molecule has 0 saturated carbocycles. The van der Waals surface area contributed by atoms with Crippen molar-refractivity contribution in [3.05, 3.63) is 17.0 Å². The first-order chi connectivity index (χ1) is 8.17. The molecule has 1 rings (SSSR count). The van der Waals surface area contributed by atoms with Gasteiger partial charge in [-0.2, -0.15) is 4.98 Å². The van der Waals surface area contributed by atoms with Crippen LogP contribution < -0.4 is 4.74 Å². The predicted molar refractivity (Wildman–Crippen MR) is 61.7 cm³/mol. The summed E-state index contributed by atoms with van der Waals surface area (Å²) in [5, 5.41) is 0.0813. The number of esters is 1. The van der Waals surface area contributed by atoms with Crippen molar-refractivity contribution >= 4 is 17.6 Å². The highest BCUT2D eigenvalue weighted by atomic mass is 35.5. The van der Waals surface area contributed by atoms with Gasteiger partial charge in [0, 0.05) is 0 Å². The number of carbonyl (C=O) groups is 1. The minimum atomic E-state index is -0.367. The Morgan fingerprint density at radius 1 is 1.59 bits per heavy atom. The molecule has 0 aliphatic rings. The lowest BCUT2D eigenvalue weighted by molar-refractivity contribution is -0.141. The van der Waals surface area contributed by atoms with Crippen molar-refractivity contribution in [1.29, 1.82) is 0 Å². The topological polar surface area (TPSA) is 61.3 Å². The summed E-state index contributed by atoms with van der Waals surface area (Å²) in [7, 11) is 1.45. The number of aromatic nitrogens is 2. The number of methoxy groups -OCH3 is 1. The van der Waals surface area contributed by atoms with Gasteiger partial charge in [-0.1, -0.05) is 11.8 Å². The number of hydrogen-bond donors (Lipinski definition) is 0. The first kappa shape index (κ1) is 13.3. The maximum Gasteiger partial charge on any atom is 0.317 e.